The first-order valence-corrected chi connectivity index (χ1v) is 5.68. The molecule has 14 heavy (non-hydrogen) atoms. The summed E-state index contributed by atoms with van der Waals surface area (Å²) in [4.78, 5) is 13.6. The van der Waals surface area contributed by atoms with Gasteiger partial charge in [0.1, 0.15) is 0 Å². The molecule has 1 aliphatic heterocycles. The van der Waals surface area contributed by atoms with E-state index in [1.165, 1.54) is 45.2 Å². The molecule has 4 aliphatic rings. The highest BCUT2D eigenvalue weighted by molar-refractivity contribution is 5.74. The van der Waals surface area contributed by atoms with Gasteiger partial charge in [0.25, 0.3) is 0 Å². The molecule has 1 saturated heterocycles. The van der Waals surface area contributed by atoms with Crippen LogP contribution in [0.2, 0.25) is 0 Å². The molecule has 0 aromatic carbocycles. The summed E-state index contributed by atoms with van der Waals surface area (Å²) >= 11 is 0. The summed E-state index contributed by atoms with van der Waals surface area (Å²) in [5, 5.41) is 3.10. The SMILES string of the molecule is CC(=O)NC12CC(N3CCCC3)(C1)C2. The Balaban J connectivity index is 1.60. The minimum Gasteiger partial charge on any atom is -0.351 e. The molecule has 2 bridgehead atoms. The molecule has 4 rings (SSSR count). The third kappa shape index (κ3) is 0.991. The standard InChI is InChI=1S/C11H18N2O/c1-9(14)12-10-6-11(7-10,8-10)13-4-2-3-5-13/h2-8H2,1H3,(H,12,14). The number of rotatable bonds is 2. The van der Waals surface area contributed by atoms with Gasteiger partial charge in [0.15, 0.2) is 0 Å². The topological polar surface area (TPSA) is 32.3 Å². The van der Waals surface area contributed by atoms with Crippen molar-refractivity contribution in [2.75, 3.05) is 13.1 Å². The van der Waals surface area contributed by atoms with E-state index < -0.39 is 0 Å². The van der Waals surface area contributed by atoms with Gasteiger partial charge in [0.2, 0.25) is 5.91 Å². The maximum Gasteiger partial charge on any atom is 0.217 e. The lowest BCUT2D eigenvalue weighted by Gasteiger charge is -2.73. The smallest absolute Gasteiger partial charge is 0.217 e. The fourth-order valence-electron chi connectivity index (χ4n) is 3.77. The molecule has 3 heteroatoms. The Labute approximate surface area is 84.8 Å². The maximum atomic E-state index is 11.0. The molecule has 0 aromatic rings. The number of nitrogens with zero attached hydrogens (tertiary/aromatic N) is 1. The highest BCUT2D eigenvalue weighted by Crippen LogP contribution is 2.64. The minimum atomic E-state index is 0.139. The van der Waals surface area contributed by atoms with Gasteiger partial charge >= 0.3 is 0 Å². The lowest BCUT2D eigenvalue weighted by atomic mass is 9.43. The zero-order valence-electron chi connectivity index (χ0n) is 8.81. The average molecular weight is 194 g/mol. The number of carbonyl (C=O) groups is 1. The van der Waals surface area contributed by atoms with Crippen LogP contribution in [-0.4, -0.2) is 35.0 Å². The zero-order chi connectivity index (χ0) is 9.81. The number of hydrogen-bond donors (Lipinski definition) is 1. The largest absolute Gasteiger partial charge is 0.351 e. The van der Waals surface area contributed by atoms with E-state index in [1.807, 2.05) is 0 Å². The summed E-state index contributed by atoms with van der Waals surface area (Å²) in [6, 6.07) is 0. The Morgan fingerprint density at radius 2 is 1.79 bits per heavy atom. The van der Waals surface area contributed by atoms with Crippen molar-refractivity contribution in [2.24, 2.45) is 0 Å². The van der Waals surface area contributed by atoms with Crippen molar-refractivity contribution in [3.05, 3.63) is 0 Å². The quantitative estimate of drug-likeness (QED) is 0.708. The summed E-state index contributed by atoms with van der Waals surface area (Å²) in [6.07, 6.45) is 6.36. The van der Waals surface area contributed by atoms with Gasteiger partial charge in [-0.25, -0.2) is 0 Å². The Morgan fingerprint density at radius 1 is 1.21 bits per heavy atom. The number of amides is 1. The molecule has 4 fully saturated rings. The molecular weight excluding hydrogens is 176 g/mol. The summed E-state index contributed by atoms with van der Waals surface area (Å²) in [6.45, 7) is 4.20. The first-order chi connectivity index (χ1) is 6.64. The van der Waals surface area contributed by atoms with Crippen molar-refractivity contribution in [1.82, 2.24) is 10.2 Å². The van der Waals surface area contributed by atoms with Gasteiger partial charge in [-0.05, 0) is 45.2 Å². The van der Waals surface area contributed by atoms with E-state index in [2.05, 4.69) is 10.2 Å². The van der Waals surface area contributed by atoms with E-state index >= 15 is 0 Å². The van der Waals surface area contributed by atoms with Gasteiger partial charge in [-0.1, -0.05) is 0 Å². The van der Waals surface area contributed by atoms with Crippen LogP contribution in [0.25, 0.3) is 0 Å². The molecular formula is C11H18N2O. The second-order valence-electron chi connectivity index (χ2n) is 5.41. The van der Waals surface area contributed by atoms with Crippen LogP contribution in [0.4, 0.5) is 0 Å². The van der Waals surface area contributed by atoms with E-state index in [0.717, 1.165) is 0 Å². The number of nitrogens with one attached hydrogen (secondary N) is 1. The second kappa shape index (κ2) is 2.51. The molecule has 1 amide bonds. The van der Waals surface area contributed by atoms with Crippen molar-refractivity contribution in [1.29, 1.82) is 0 Å². The summed E-state index contributed by atoms with van der Waals surface area (Å²) in [5.74, 6) is 0.139. The van der Waals surface area contributed by atoms with E-state index in [0.29, 0.717) is 5.54 Å². The molecule has 1 N–H and O–H groups in total. The van der Waals surface area contributed by atoms with Crippen LogP contribution in [0, 0.1) is 0 Å². The minimum absolute atomic E-state index is 0.139. The molecule has 0 aromatic heterocycles. The Morgan fingerprint density at radius 3 is 2.29 bits per heavy atom. The summed E-state index contributed by atoms with van der Waals surface area (Å²) < 4.78 is 0. The zero-order valence-corrected chi connectivity index (χ0v) is 8.81. The van der Waals surface area contributed by atoms with Crippen molar-refractivity contribution >= 4 is 5.91 Å². The lowest BCUT2D eigenvalue weighted by Crippen LogP contribution is -2.83. The molecule has 3 nitrogen and oxygen atoms in total. The first kappa shape index (κ1) is 8.72. The molecule has 3 aliphatic carbocycles. The Bertz CT molecular complexity index is 261. The van der Waals surface area contributed by atoms with E-state index in [9.17, 15) is 4.79 Å². The van der Waals surface area contributed by atoms with Crippen LogP contribution in [0.15, 0.2) is 0 Å². The van der Waals surface area contributed by atoms with Crippen LogP contribution in [-0.2, 0) is 4.79 Å². The van der Waals surface area contributed by atoms with E-state index in [4.69, 9.17) is 0 Å². The molecule has 3 saturated carbocycles. The van der Waals surface area contributed by atoms with Crippen LogP contribution < -0.4 is 5.32 Å². The number of carbonyl (C=O) groups excluding carboxylic acids is 1. The molecule has 78 valence electrons. The molecule has 0 radical (unpaired) electrons. The van der Waals surface area contributed by atoms with E-state index in [-0.39, 0.29) is 11.4 Å². The van der Waals surface area contributed by atoms with Gasteiger partial charge in [-0.2, -0.15) is 0 Å². The predicted octanol–water partition coefficient (Wildman–Crippen LogP) is 0.893. The van der Waals surface area contributed by atoms with Crippen molar-refractivity contribution in [3.63, 3.8) is 0 Å². The monoisotopic (exact) mass is 194 g/mol. The Hall–Kier alpha value is -0.570. The normalized spacial score (nSPS) is 45.5. The lowest BCUT2D eigenvalue weighted by molar-refractivity contribution is -0.176. The van der Waals surface area contributed by atoms with Gasteiger partial charge in [-0.3, -0.25) is 9.69 Å². The fraction of sp³-hybridized carbons (Fsp3) is 0.909. The first-order valence-electron chi connectivity index (χ1n) is 5.68. The van der Waals surface area contributed by atoms with Gasteiger partial charge in [-0.15, -0.1) is 0 Å². The fourth-order valence-corrected chi connectivity index (χ4v) is 3.77. The average Bonchev–Trinajstić information content (AvgIpc) is 2.44. The van der Waals surface area contributed by atoms with Crippen LogP contribution in [0.3, 0.4) is 0 Å². The molecule has 0 unspecified atom stereocenters. The Kier molecular flexibility index (Phi) is 1.56. The molecule has 0 spiro atoms. The van der Waals surface area contributed by atoms with Gasteiger partial charge in [0.05, 0.1) is 0 Å². The van der Waals surface area contributed by atoms with Crippen molar-refractivity contribution < 1.29 is 4.79 Å². The van der Waals surface area contributed by atoms with Crippen LogP contribution in [0.1, 0.15) is 39.0 Å². The molecule has 0 atom stereocenters. The van der Waals surface area contributed by atoms with Gasteiger partial charge in [0, 0.05) is 18.0 Å². The van der Waals surface area contributed by atoms with Gasteiger partial charge < -0.3 is 5.32 Å². The highest BCUT2D eigenvalue weighted by atomic mass is 16.1. The number of hydrogen-bond acceptors (Lipinski definition) is 2. The van der Waals surface area contributed by atoms with E-state index in [1.54, 1.807) is 6.92 Å². The number of likely N-dealkylation sites (tertiary alicyclic amines) is 1. The third-order valence-corrected chi connectivity index (χ3v) is 4.22. The highest BCUT2D eigenvalue weighted by Gasteiger charge is 2.70. The van der Waals surface area contributed by atoms with Crippen LogP contribution in [0.5, 0.6) is 0 Å². The predicted molar refractivity (Wildman–Crippen MR) is 53.9 cm³/mol. The second-order valence-corrected chi connectivity index (χ2v) is 5.41. The molecule has 1 heterocycles. The van der Waals surface area contributed by atoms with Crippen molar-refractivity contribution in [3.8, 4) is 0 Å². The van der Waals surface area contributed by atoms with Crippen LogP contribution >= 0.6 is 0 Å². The van der Waals surface area contributed by atoms with Crippen molar-refractivity contribution in [2.45, 2.75) is 50.1 Å². The maximum absolute atomic E-state index is 11.0. The summed E-state index contributed by atoms with van der Waals surface area (Å²) in [7, 11) is 0. The summed E-state index contributed by atoms with van der Waals surface area (Å²) in [5.41, 5.74) is 0.730. The third-order valence-electron chi connectivity index (χ3n) is 4.22.